The molecular weight excluding hydrogens is 694 g/mol. The molecule has 0 amide bonds. The van der Waals surface area contributed by atoms with Gasteiger partial charge in [-0.2, -0.15) is 0 Å². The summed E-state index contributed by atoms with van der Waals surface area (Å²) in [7, 11) is 0. The van der Waals surface area contributed by atoms with Crippen LogP contribution in [0.5, 0.6) is 0 Å². The zero-order valence-electron chi connectivity index (χ0n) is 27.0. The Morgan fingerprint density at radius 1 is 0.490 bits per heavy atom. The standard InChI is InChI=1S/C32H16N8.C8H8O2.Ga/c1-2-10-18-17(9-1)25-33-26(18)38-28-21-13-5-6-14-22(21)30(35-28)40-32-24-16-8-7-15-23(24)31(36-32)39-29-20-12-4-3-11-19(20)27(34-29)37-25;1-6-2-4-7(5-3-6)8(9)10;/h1-16H;2-5H,1H3,(H,9,10);/q-2;;+3/p-1. The van der Waals surface area contributed by atoms with Crippen LogP contribution in [0, 0.1) is 6.92 Å². The number of aromatic nitrogens is 2. The first-order valence-corrected chi connectivity index (χ1v) is 19.8. The number of aliphatic imine (C=N–C) groups is 4. The molecule has 0 saturated heterocycles. The predicted molar refractivity (Wildman–Crippen MR) is 198 cm³/mol. The first-order valence-electron chi connectivity index (χ1n) is 16.6. The van der Waals surface area contributed by atoms with Gasteiger partial charge < -0.3 is 0 Å². The molecule has 0 fully saturated rings. The summed E-state index contributed by atoms with van der Waals surface area (Å²) in [6.45, 7) is 1.99. The van der Waals surface area contributed by atoms with Gasteiger partial charge in [-0.1, -0.05) is 0 Å². The van der Waals surface area contributed by atoms with E-state index in [1.807, 2.05) is 116 Å². The van der Waals surface area contributed by atoms with Gasteiger partial charge in [-0.05, 0) is 0 Å². The molecule has 2 aromatic heterocycles. The summed E-state index contributed by atoms with van der Waals surface area (Å²) < 4.78 is 11.0. The van der Waals surface area contributed by atoms with Gasteiger partial charge in [0.1, 0.15) is 0 Å². The quantitative estimate of drug-likeness (QED) is 0.202. The predicted octanol–water partition coefficient (Wildman–Crippen LogP) is 6.09. The van der Waals surface area contributed by atoms with Crippen LogP contribution in [-0.2, 0) is 3.53 Å². The van der Waals surface area contributed by atoms with Crippen molar-refractivity contribution in [3.05, 3.63) is 166 Å². The second-order valence-electron chi connectivity index (χ2n) is 12.8. The Balaban J connectivity index is 1.37. The van der Waals surface area contributed by atoms with Gasteiger partial charge in [0.25, 0.3) is 0 Å². The van der Waals surface area contributed by atoms with E-state index in [1.165, 1.54) is 0 Å². The topological polar surface area (TPSA) is 110 Å². The van der Waals surface area contributed by atoms with Gasteiger partial charge in [-0.25, -0.2) is 0 Å². The molecule has 0 spiro atoms. The third kappa shape index (κ3) is 4.10. The first-order chi connectivity index (χ1) is 25.1. The number of aryl methyl sites for hydroxylation is 1. The zero-order valence-corrected chi connectivity index (χ0v) is 29.4. The van der Waals surface area contributed by atoms with E-state index < -0.39 is 23.0 Å². The number of carbonyl (C=O) groups excluding carboxylic acids is 1. The van der Waals surface area contributed by atoms with E-state index in [0.717, 1.165) is 49.4 Å². The molecule has 11 heteroatoms. The van der Waals surface area contributed by atoms with Crippen molar-refractivity contribution in [1.29, 1.82) is 0 Å². The molecule has 51 heavy (non-hydrogen) atoms. The fourth-order valence-corrected chi connectivity index (χ4v) is 12.4. The van der Waals surface area contributed by atoms with E-state index >= 15 is 0 Å². The van der Waals surface area contributed by atoms with Crippen LogP contribution in [0.25, 0.3) is 21.5 Å². The van der Waals surface area contributed by atoms with Gasteiger partial charge in [0.2, 0.25) is 0 Å². The Hall–Kier alpha value is -6.43. The Kier molecular flexibility index (Phi) is 5.87. The summed E-state index contributed by atoms with van der Waals surface area (Å²) in [6, 6.07) is 39.5. The first kappa shape index (κ1) is 28.4. The van der Waals surface area contributed by atoms with E-state index in [-0.39, 0.29) is 0 Å². The SMILES string of the molecule is Cc1ccc(C(=O)[O][Ga]2[n]3c4c5ccccc5c3N=C3N=C(N=c5c6ccccc6c([n]52)=NC2=NC(=N4)c4ccccc42)c2ccccc23)cc1. The summed E-state index contributed by atoms with van der Waals surface area (Å²) in [4.78, 5) is 45.7. The molecule has 4 aliphatic heterocycles. The fraction of sp³-hybridized carbons (Fsp3) is 0.0250. The molecule has 0 radical (unpaired) electrons. The Morgan fingerprint density at radius 3 is 1.37 bits per heavy atom. The van der Waals surface area contributed by atoms with Gasteiger partial charge in [-0.15, -0.1) is 0 Å². The number of benzene rings is 5. The van der Waals surface area contributed by atoms with Crippen molar-refractivity contribution in [1.82, 2.24) is 6.55 Å². The van der Waals surface area contributed by atoms with E-state index in [4.69, 9.17) is 33.5 Å². The van der Waals surface area contributed by atoms with Crippen molar-refractivity contribution in [2.75, 3.05) is 0 Å². The van der Waals surface area contributed by atoms with Crippen LogP contribution in [0.1, 0.15) is 38.2 Å². The van der Waals surface area contributed by atoms with Crippen LogP contribution in [0.2, 0.25) is 0 Å². The van der Waals surface area contributed by atoms with Gasteiger partial charge in [-0.3, -0.25) is 0 Å². The third-order valence-electron chi connectivity index (χ3n) is 9.76. The summed E-state index contributed by atoms with van der Waals surface area (Å²) in [5.74, 6) is 2.91. The zero-order chi connectivity index (χ0) is 33.8. The molecule has 7 aromatic rings. The van der Waals surface area contributed by atoms with Crippen molar-refractivity contribution >= 4 is 79.6 Å². The van der Waals surface area contributed by atoms with Crippen LogP contribution < -0.4 is 11.0 Å². The monoisotopic (exact) mass is 716 g/mol. The Labute approximate surface area is 295 Å². The molecule has 0 saturated carbocycles. The Bertz CT molecular complexity index is 2820. The van der Waals surface area contributed by atoms with Crippen LogP contribution in [0.3, 0.4) is 0 Å². The maximum atomic E-state index is 14.4. The molecule has 0 N–H and O–H groups in total. The van der Waals surface area contributed by atoms with E-state index in [0.29, 0.717) is 51.5 Å². The maximum absolute atomic E-state index is 14.4. The second kappa shape index (κ2) is 10.5. The minimum absolute atomic E-state index is 0.439. The van der Waals surface area contributed by atoms with Crippen molar-refractivity contribution < 1.29 is 8.32 Å². The molecule has 10 nitrogen and oxygen atoms in total. The number of carbonyl (C=O) groups is 1. The van der Waals surface area contributed by atoms with Crippen molar-refractivity contribution in [3.8, 4) is 0 Å². The number of rotatable bonds is 2. The van der Waals surface area contributed by atoms with Gasteiger partial charge in [0.15, 0.2) is 0 Å². The number of hydrogen-bond donors (Lipinski definition) is 0. The molecule has 6 heterocycles. The molecule has 0 aliphatic carbocycles. The molecular formula is C40H23GaN8O2. The van der Waals surface area contributed by atoms with Gasteiger partial charge >= 0.3 is 297 Å². The van der Waals surface area contributed by atoms with E-state index in [2.05, 4.69) is 6.55 Å². The molecule has 11 rings (SSSR count). The summed E-state index contributed by atoms with van der Waals surface area (Å²) in [5.41, 5.74) is 6.21. The normalized spacial score (nSPS) is 14.8. The number of hydrogen-bond acceptors (Lipinski definition) is 8. The third-order valence-corrected chi connectivity index (χ3v) is 14.6. The van der Waals surface area contributed by atoms with Crippen LogP contribution in [-0.4, -0.2) is 52.9 Å². The van der Waals surface area contributed by atoms with Crippen molar-refractivity contribution in [3.63, 3.8) is 0 Å². The summed E-state index contributed by atoms with van der Waals surface area (Å²) in [5, 5.41) is 3.43. The average molecular weight is 717 g/mol. The molecule has 0 unspecified atom stereocenters. The van der Waals surface area contributed by atoms with E-state index in [1.54, 1.807) is 12.1 Å². The molecule has 0 atom stereocenters. The number of nitrogens with zero attached hydrogens (tertiary/aromatic N) is 8. The second-order valence-corrected chi connectivity index (χ2v) is 16.8. The molecule has 5 aromatic carbocycles. The van der Waals surface area contributed by atoms with Gasteiger partial charge in [0.05, 0.1) is 0 Å². The minimum atomic E-state index is -4.05. The average Bonchev–Trinajstić information content (AvgIpc) is 3.87. The van der Waals surface area contributed by atoms with Crippen LogP contribution in [0.15, 0.2) is 151 Å². The van der Waals surface area contributed by atoms with Gasteiger partial charge in [0, 0.05) is 0 Å². The molecule has 6 bridgehead atoms. The molecule has 4 aliphatic rings. The summed E-state index contributed by atoms with van der Waals surface area (Å²) >= 11 is -4.05. The van der Waals surface area contributed by atoms with Crippen molar-refractivity contribution in [2.24, 2.45) is 30.0 Å². The van der Waals surface area contributed by atoms with E-state index in [9.17, 15) is 4.79 Å². The number of amidine groups is 4. The molecule has 238 valence electrons. The fourth-order valence-electron chi connectivity index (χ4n) is 7.34. The van der Waals surface area contributed by atoms with Crippen LogP contribution in [0.4, 0.5) is 11.6 Å². The number of fused-ring (bicyclic) bond motifs is 14. The van der Waals surface area contributed by atoms with Crippen LogP contribution >= 0.6 is 0 Å². The summed E-state index contributed by atoms with van der Waals surface area (Å²) in [6.07, 6.45) is 0. The Morgan fingerprint density at radius 2 is 0.902 bits per heavy atom. The van der Waals surface area contributed by atoms with Crippen molar-refractivity contribution in [2.45, 2.75) is 6.92 Å².